The van der Waals surface area contributed by atoms with Crippen LogP contribution in [0.4, 0.5) is 19.0 Å². The van der Waals surface area contributed by atoms with E-state index in [0.717, 1.165) is 6.07 Å². The van der Waals surface area contributed by atoms with Crippen LogP contribution in [0.2, 0.25) is 0 Å². The van der Waals surface area contributed by atoms with E-state index in [0.29, 0.717) is 11.4 Å². The molecule has 0 saturated carbocycles. The Bertz CT molecular complexity index is 890. The summed E-state index contributed by atoms with van der Waals surface area (Å²) in [4.78, 5) is 31.5. The van der Waals surface area contributed by atoms with Gasteiger partial charge in [-0.05, 0) is 30.7 Å². The first-order valence-electron chi connectivity index (χ1n) is 8.38. The van der Waals surface area contributed by atoms with Gasteiger partial charge in [0, 0.05) is 19.2 Å². The van der Waals surface area contributed by atoms with Crippen molar-refractivity contribution < 1.29 is 32.2 Å². The highest BCUT2D eigenvalue weighted by Gasteiger charge is 2.29. The van der Waals surface area contributed by atoms with Crippen molar-refractivity contribution in [3.8, 4) is 11.8 Å². The van der Waals surface area contributed by atoms with Gasteiger partial charge in [-0.25, -0.2) is 4.98 Å². The average Bonchev–Trinajstić information content (AvgIpc) is 2.65. The number of nitrogens with zero attached hydrogens (tertiary/aromatic N) is 2. The van der Waals surface area contributed by atoms with Gasteiger partial charge >= 0.3 is 6.18 Å². The lowest BCUT2D eigenvalue weighted by Gasteiger charge is -2.16. The van der Waals surface area contributed by atoms with Gasteiger partial charge in [0.1, 0.15) is 11.4 Å². The quantitative estimate of drug-likeness (QED) is 0.725. The molecule has 0 radical (unpaired) electrons. The minimum atomic E-state index is -4.51. The van der Waals surface area contributed by atoms with Gasteiger partial charge in [0.25, 0.3) is 5.91 Å². The Labute approximate surface area is 164 Å². The molecule has 0 fully saturated rings. The van der Waals surface area contributed by atoms with Crippen molar-refractivity contribution in [2.45, 2.75) is 26.1 Å². The summed E-state index contributed by atoms with van der Waals surface area (Å²) in [5.74, 6) is -1.00. The summed E-state index contributed by atoms with van der Waals surface area (Å²) >= 11 is 0. The monoisotopic (exact) mass is 412 g/mol. The molecular weight excluding hydrogens is 393 g/mol. The van der Waals surface area contributed by atoms with Crippen LogP contribution in [0.3, 0.4) is 0 Å². The van der Waals surface area contributed by atoms with Crippen LogP contribution in [0.5, 0.6) is 11.8 Å². The summed E-state index contributed by atoms with van der Waals surface area (Å²) < 4.78 is 46.3. The van der Waals surface area contributed by atoms with Crippen molar-refractivity contribution in [1.29, 1.82) is 0 Å². The fourth-order valence-corrected chi connectivity index (χ4v) is 2.31. The van der Waals surface area contributed by atoms with Crippen molar-refractivity contribution in [3.05, 3.63) is 41.6 Å². The molecule has 2 aromatic heterocycles. The summed E-state index contributed by atoms with van der Waals surface area (Å²) in [6.45, 7) is 1.55. The number of amides is 2. The van der Waals surface area contributed by atoms with Crippen molar-refractivity contribution in [1.82, 2.24) is 15.3 Å². The summed E-state index contributed by atoms with van der Waals surface area (Å²) in [6.07, 6.45) is -3.03. The molecule has 2 heterocycles. The molecule has 2 aromatic rings. The Morgan fingerprint density at radius 3 is 2.59 bits per heavy atom. The molecule has 156 valence electrons. The standard InChI is InChI=1S/C18H19F3N4O4/c1-10(12-6-7-22-14(8-12)24-11(2)26)23-16(27)13-4-5-15(25-17(13)28-3)29-9-18(19,20)21/h4-8,10H,9H2,1-3H3,(H,23,27)(H,22,24,26). The first kappa shape index (κ1) is 21.9. The number of aromatic nitrogens is 2. The number of halogens is 3. The fraction of sp³-hybridized carbons (Fsp3) is 0.333. The van der Waals surface area contributed by atoms with E-state index < -0.39 is 24.7 Å². The number of pyridine rings is 2. The predicted molar refractivity (Wildman–Crippen MR) is 96.8 cm³/mol. The normalized spacial score (nSPS) is 12.1. The molecule has 1 atom stereocenters. The number of hydrogen-bond acceptors (Lipinski definition) is 6. The van der Waals surface area contributed by atoms with E-state index in [1.807, 2.05) is 0 Å². The van der Waals surface area contributed by atoms with E-state index in [4.69, 9.17) is 4.74 Å². The molecule has 2 amide bonds. The maximum atomic E-state index is 12.6. The molecule has 0 aliphatic heterocycles. The van der Waals surface area contributed by atoms with Crippen LogP contribution in [0.15, 0.2) is 30.5 Å². The minimum absolute atomic E-state index is 0.0230. The van der Waals surface area contributed by atoms with Crippen LogP contribution >= 0.6 is 0 Å². The topological polar surface area (TPSA) is 102 Å². The lowest BCUT2D eigenvalue weighted by molar-refractivity contribution is -0.154. The fourth-order valence-electron chi connectivity index (χ4n) is 2.31. The molecular formula is C18H19F3N4O4. The Morgan fingerprint density at radius 2 is 1.97 bits per heavy atom. The van der Waals surface area contributed by atoms with Crippen LogP contribution in [0.25, 0.3) is 0 Å². The lowest BCUT2D eigenvalue weighted by Crippen LogP contribution is -2.27. The van der Waals surface area contributed by atoms with Gasteiger partial charge < -0.3 is 20.1 Å². The molecule has 0 aromatic carbocycles. The van der Waals surface area contributed by atoms with Crippen molar-refractivity contribution in [2.75, 3.05) is 19.0 Å². The van der Waals surface area contributed by atoms with Gasteiger partial charge in [-0.1, -0.05) is 0 Å². The second kappa shape index (κ2) is 9.22. The number of alkyl halides is 3. The zero-order valence-electron chi connectivity index (χ0n) is 15.8. The molecule has 0 spiro atoms. The Balaban J connectivity index is 2.12. The van der Waals surface area contributed by atoms with Crippen LogP contribution < -0.4 is 20.1 Å². The summed E-state index contributed by atoms with van der Waals surface area (Å²) in [6, 6.07) is 5.21. The highest BCUT2D eigenvalue weighted by atomic mass is 19.4. The second-order valence-corrected chi connectivity index (χ2v) is 5.96. The maximum Gasteiger partial charge on any atom is 0.422 e. The SMILES string of the molecule is COc1nc(OCC(F)(F)F)ccc1C(=O)NC(C)c1ccnc(NC(C)=O)c1. The Hall–Kier alpha value is -3.37. The number of nitrogens with one attached hydrogen (secondary N) is 2. The highest BCUT2D eigenvalue weighted by molar-refractivity contribution is 5.96. The highest BCUT2D eigenvalue weighted by Crippen LogP contribution is 2.23. The van der Waals surface area contributed by atoms with Gasteiger partial charge in [0.05, 0.1) is 13.2 Å². The summed E-state index contributed by atoms with van der Waals surface area (Å²) in [7, 11) is 1.23. The van der Waals surface area contributed by atoms with E-state index in [1.54, 1.807) is 19.1 Å². The number of rotatable bonds is 7. The molecule has 0 bridgehead atoms. The van der Waals surface area contributed by atoms with E-state index in [9.17, 15) is 22.8 Å². The van der Waals surface area contributed by atoms with Gasteiger partial charge in [0.15, 0.2) is 6.61 Å². The molecule has 8 nitrogen and oxygen atoms in total. The lowest BCUT2D eigenvalue weighted by atomic mass is 10.1. The molecule has 2 N–H and O–H groups in total. The van der Waals surface area contributed by atoms with Crippen LogP contribution in [-0.2, 0) is 4.79 Å². The van der Waals surface area contributed by atoms with E-state index in [2.05, 4.69) is 25.3 Å². The first-order valence-corrected chi connectivity index (χ1v) is 8.38. The number of carbonyl (C=O) groups excluding carboxylic acids is 2. The van der Waals surface area contributed by atoms with E-state index in [1.165, 1.54) is 26.3 Å². The van der Waals surface area contributed by atoms with Crippen molar-refractivity contribution >= 4 is 17.6 Å². The van der Waals surface area contributed by atoms with Crippen molar-refractivity contribution in [3.63, 3.8) is 0 Å². The number of hydrogen-bond donors (Lipinski definition) is 2. The number of methoxy groups -OCH3 is 1. The number of carbonyl (C=O) groups is 2. The largest absolute Gasteiger partial charge is 0.480 e. The smallest absolute Gasteiger partial charge is 0.422 e. The van der Waals surface area contributed by atoms with Gasteiger partial charge in [-0.2, -0.15) is 18.2 Å². The molecule has 11 heteroatoms. The minimum Gasteiger partial charge on any atom is -0.480 e. The first-order chi connectivity index (χ1) is 13.6. The van der Waals surface area contributed by atoms with E-state index >= 15 is 0 Å². The molecule has 0 aliphatic rings. The molecule has 2 rings (SSSR count). The Morgan fingerprint density at radius 1 is 1.24 bits per heavy atom. The zero-order valence-corrected chi connectivity index (χ0v) is 15.8. The molecule has 29 heavy (non-hydrogen) atoms. The van der Waals surface area contributed by atoms with Gasteiger partial charge in [-0.15, -0.1) is 0 Å². The molecule has 0 saturated heterocycles. The maximum absolute atomic E-state index is 12.6. The third kappa shape index (κ3) is 6.63. The Kier molecular flexibility index (Phi) is 6.97. The van der Waals surface area contributed by atoms with Crippen LogP contribution in [-0.4, -0.2) is 41.7 Å². The summed E-state index contributed by atoms with van der Waals surface area (Å²) in [5.41, 5.74) is 0.698. The zero-order chi connectivity index (χ0) is 21.6. The van der Waals surface area contributed by atoms with E-state index in [-0.39, 0.29) is 23.2 Å². The van der Waals surface area contributed by atoms with Crippen molar-refractivity contribution in [2.24, 2.45) is 0 Å². The third-order valence-corrected chi connectivity index (χ3v) is 3.59. The number of anilines is 1. The third-order valence-electron chi connectivity index (χ3n) is 3.59. The number of ether oxygens (including phenoxy) is 2. The predicted octanol–water partition coefficient (Wildman–Crippen LogP) is 2.88. The van der Waals surface area contributed by atoms with Gasteiger partial charge in [-0.3, -0.25) is 9.59 Å². The van der Waals surface area contributed by atoms with Crippen LogP contribution in [0.1, 0.15) is 35.8 Å². The molecule has 0 aliphatic carbocycles. The van der Waals surface area contributed by atoms with Gasteiger partial charge in [0.2, 0.25) is 17.7 Å². The average molecular weight is 412 g/mol. The molecule has 1 unspecified atom stereocenters. The van der Waals surface area contributed by atoms with Crippen LogP contribution in [0, 0.1) is 0 Å². The summed E-state index contributed by atoms with van der Waals surface area (Å²) in [5, 5.41) is 5.27. The second-order valence-electron chi connectivity index (χ2n) is 5.96.